The van der Waals surface area contributed by atoms with Crippen LogP contribution in [-0.4, -0.2) is 43.7 Å². The molecule has 0 aliphatic carbocycles. The number of benzene rings is 1. The summed E-state index contributed by atoms with van der Waals surface area (Å²) in [6.45, 7) is 3.54. The molecule has 0 saturated carbocycles. The molecule has 6 heteroatoms. The Hall–Kier alpha value is -1.76. The Kier molecular flexibility index (Phi) is 7.17. The van der Waals surface area contributed by atoms with E-state index in [1.807, 2.05) is 6.07 Å². The number of hydrogen-bond donors (Lipinski definition) is 1. The Labute approximate surface area is 158 Å². The van der Waals surface area contributed by atoms with E-state index in [1.54, 1.807) is 23.5 Å². The second-order valence-corrected chi connectivity index (χ2v) is 7.48. The van der Waals surface area contributed by atoms with Gasteiger partial charge in [-0.05, 0) is 42.0 Å². The molecule has 1 saturated heterocycles. The predicted octanol–water partition coefficient (Wildman–Crippen LogP) is 3.40. The maximum atomic E-state index is 13.3. The number of hydrogen-bond acceptors (Lipinski definition) is 4. The summed E-state index contributed by atoms with van der Waals surface area (Å²) >= 11 is 1.73. The molecule has 1 aromatic carbocycles. The van der Waals surface area contributed by atoms with Crippen LogP contribution in [0.25, 0.3) is 0 Å². The highest BCUT2D eigenvalue weighted by Gasteiger charge is 2.23. The van der Waals surface area contributed by atoms with Gasteiger partial charge in [-0.25, -0.2) is 4.39 Å². The minimum absolute atomic E-state index is 0.0424. The van der Waals surface area contributed by atoms with Crippen molar-refractivity contribution < 1.29 is 13.9 Å². The fourth-order valence-corrected chi connectivity index (χ4v) is 3.96. The van der Waals surface area contributed by atoms with Crippen molar-refractivity contribution in [1.82, 2.24) is 10.2 Å². The number of rotatable bonds is 8. The van der Waals surface area contributed by atoms with Crippen molar-refractivity contribution in [2.24, 2.45) is 0 Å². The Morgan fingerprint density at radius 1 is 1.23 bits per heavy atom. The summed E-state index contributed by atoms with van der Waals surface area (Å²) < 4.78 is 18.7. The van der Waals surface area contributed by atoms with E-state index in [4.69, 9.17) is 4.74 Å². The van der Waals surface area contributed by atoms with Crippen LogP contribution in [0.15, 0.2) is 41.8 Å². The van der Waals surface area contributed by atoms with E-state index in [9.17, 15) is 9.18 Å². The van der Waals surface area contributed by atoms with Crippen molar-refractivity contribution in [2.45, 2.75) is 25.3 Å². The molecule has 1 N–H and O–H groups in total. The van der Waals surface area contributed by atoms with Gasteiger partial charge < -0.3 is 10.1 Å². The second kappa shape index (κ2) is 9.80. The predicted molar refractivity (Wildman–Crippen MR) is 102 cm³/mol. The first-order valence-electron chi connectivity index (χ1n) is 9.09. The maximum absolute atomic E-state index is 13.3. The second-order valence-electron chi connectivity index (χ2n) is 6.45. The minimum atomic E-state index is -0.243. The standard InChI is InChI=1S/C20H25FN2O2S/c21-17-8-6-16(7-9-17)19(23-10-12-25-13-11-23)15-22-20(24)5-1-3-18-4-2-14-26-18/h2,4,6-9,14,19H,1,3,5,10-13,15H2,(H,22,24). The lowest BCUT2D eigenvalue weighted by Gasteiger charge is -2.35. The van der Waals surface area contributed by atoms with Gasteiger partial charge in [-0.3, -0.25) is 9.69 Å². The number of ether oxygens (including phenoxy) is 1. The molecule has 1 aromatic heterocycles. The topological polar surface area (TPSA) is 41.6 Å². The van der Waals surface area contributed by atoms with Crippen LogP contribution >= 0.6 is 11.3 Å². The lowest BCUT2D eigenvalue weighted by atomic mass is 10.0. The van der Waals surface area contributed by atoms with Crippen molar-refractivity contribution >= 4 is 17.2 Å². The van der Waals surface area contributed by atoms with Crippen LogP contribution in [0.3, 0.4) is 0 Å². The third-order valence-electron chi connectivity index (χ3n) is 4.64. The summed E-state index contributed by atoms with van der Waals surface area (Å²) in [6, 6.07) is 10.7. The third-order valence-corrected chi connectivity index (χ3v) is 5.58. The molecule has 3 rings (SSSR count). The van der Waals surface area contributed by atoms with Crippen molar-refractivity contribution in [1.29, 1.82) is 0 Å². The van der Waals surface area contributed by atoms with Crippen LogP contribution < -0.4 is 5.32 Å². The zero-order valence-electron chi connectivity index (χ0n) is 14.8. The number of nitrogens with one attached hydrogen (secondary N) is 1. The lowest BCUT2D eigenvalue weighted by Crippen LogP contribution is -2.43. The number of amides is 1. The molecule has 1 aliphatic heterocycles. The minimum Gasteiger partial charge on any atom is -0.379 e. The molecular formula is C20H25FN2O2S. The molecule has 1 amide bonds. The fraction of sp³-hybridized carbons (Fsp3) is 0.450. The Morgan fingerprint density at radius 3 is 2.69 bits per heavy atom. The molecule has 0 bridgehead atoms. The monoisotopic (exact) mass is 376 g/mol. The average molecular weight is 376 g/mol. The van der Waals surface area contributed by atoms with Crippen LogP contribution in [0.4, 0.5) is 4.39 Å². The molecule has 1 unspecified atom stereocenters. The number of aryl methyl sites for hydroxylation is 1. The SMILES string of the molecule is O=C(CCCc1cccs1)NCC(c1ccc(F)cc1)N1CCOCC1. The van der Waals surface area contributed by atoms with E-state index >= 15 is 0 Å². The molecule has 0 spiro atoms. The van der Waals surface area contributed by atoms with Crippen molar-refractivity contribution in [3.8, 4) is 0 Å². The van der Waals surface area contributed by atoms with Gasteiger partial charge in [-0.2, -0.15) is 0 Å². The van der Waals surface area contributed by atoms with Gasteiger partial charge in [0.1, 0.15) is 5.82 Å². The highest BCUT2D eigenvalue weighted by molar-refractivity contribution is 7.09. The van der Waals surface area contributed by atoms with E-state index in [1.165, 1.54) is 17.0 Å². The average Bonchev–Trinajstić information content (AvgIpc) is 3.18. The van der Waals surface area contributed by atoms with Gasteiger partial charge >= 0.3 is 0 Å². The van der Waals surface area contributed by atoms with E-state index in [-0.39, 0.29) is 17.8 Å². The van der Waals surface area contributed by atoms with Gasteiger partial charge in [0.25, 0.3) is 0 Å². The van der Waals surface area contributed by atoms with Crippen LogP contribution in [0.5, 0.6) is 0 Å². The Morgan fingerprint density at radius 2 is 2.00 bits per heavy atom. The maximum Gasteiger partial charge on any atom is 0.220 e. The zero-order chi connectivity index (χ0) is 18.2. The normalized spacial score (nSPS) is 16.3. The van der Waals surface area contributed by atoms with Gasteiger partial charge in [0, 0.05) is 30.9 Å². The summed E-state index contributed by atoms with van der Waals surface area (Å²) in [7, 11) is 0. The van der Waals surface area contributed by atoms with Gasteiger partial charge in [0.2, 0.25) is 5.91 Å². The molecule has 1 atom stereocenters. The van der Waals surface area contributed by atoms with Crippen molar-refractivity contribution in [2.75, 3.05) is 32.8 Å². The molecule has 1 aliphatic rings. The molecule has 140 valence electrons. The summed E-state index contributed by atoms with van der Waals surface area (Å²) in [5.74, 6) is -0.172. The fourth-order valence-electron chi connectivity index (χ4n) is 3.21. The molecule has 26 heavy (non-hydrogen) atoms. The highest BCUT2D eigenvalue weighted by atomic mass is 32.1. The van der Waals surface area contributed by atoms with Crippen molar-refractivity contribution in [3.63, 3.8) is 0 Å². The summed E-state index contributed by atoms with van der Waals surface area (Å²) in [4.78, 5) is 15.8. The number of carbonyl (C=O) groups is 1. The highest BCUT2D eigenvalue weighted by Crippen LogP contribution is 2.22. The number of halogens is 1. The summed E-state index contributed by atoms with van der Waals surface area (Å²) in [6.07, 6.45) is 2.32. The quantitative estimate of drug-likeness (QED) is 0.768. The van der Waals surface area contributed by atoms with Gasteiger partial charge in [0.05, 0.1) is 19.3 Å². The smallest absolute Gasteiger partial charge is 0.220 e. The third kappa shape index (κ3) is 5.62. The zero-order valence-corrected chi connectivity index (χ0v) is 15.6. The van der Waals surface area contributed by atoms with E-state index < -0.39 is 0 Å². The van der Waals surface area contributed by atoms with Crippen molar-refractivity contribution in [3.05, 3.63) is 58.0 Å². The van der Waals surface area contributed by atoms with E-state index in [0.717, 1.165) is 31.5 Å². The largest absolute Gasteiger partial charge is 0.379 e. The number of thiophene rings is 1. The van der Waals surface area contributed by atoms with Crippen LogP contribution in [-0.2, 0) is 16.0 Å². The Bertz CT molecular complexity index is 670. The molecule has 2 heterocycles. The summed E-state index contributed by atoms with van der Waals surface area (Å²) in [5.41, 5.74) is 1.02. The molecule has 1 fully saturated rings. The first kappa shape index (κ1) is 19.0. The molecule has 0 radical (unpaired) electrons. The number of nitrogens with zero attached hydrogens (tertiary/aromatic N) is 1. The van der Waals surface area contributed by atoms with E-state index in [2.05, 4.69) is 21.7 Å². The molecule has 2 aromatic rings. The first-order chi connectivity index (χ1) is 12.7. The first-order valence-corrected chi connectivity index (χ1v) is 9.96. The van der Waals surface area contributed by atoms with Gasteiger partial charge in [0.15, 0.2) is 0 Å². The number of carbonyl (C=O) groups excluding carboxylic acids is 1. The van der Waals surface area contributed by atoms with Gasteiger partial charge in [-0.15, -0.1) is 11.3 Å². The molecular weight excluding hydrogens is 351 g/mol. The van der Waals surface area contributed by atoms with Crippen LogP contribution in [0, 0.1) is 5.82 Å². The van der Waals surface area contributed by atoms with Gasteiger partial charge in [-0.1, -0.05) is 18.2 Å². The lowest BCUT2D eigenvalue weighted by molar-refractivity contribution is -0.121. The summed E-state index contributed by atoms with van der Waals surface area (Å²) in [5, 5.41) is 5.12. The Balaban J connectivity index is 1.53. The number of morpholine rings is 1. The molecule has 4 nitrogen and oxygen atoms in total. The van der Waals surface area contributed by atoms with E-state index in [0.29, 0.717) is 26.2 Å². The van der Waals surface area contributed by atoms with Crippen LogP contribution in [0.1, 0.15) is 29.3 Å². The van der Waals surface area contributed by atoms with Crippen LogP contribution in [0.2, 0.25) is 0 Å².